The van der Waals surface area contributed by atoms with Crippen LogP contribution in [0.15, 0.2) is 65.0 Å². The summed E-state index contributed by atoms with van der Waals surface area (Å²) < 4.78 is 7.98. The monoisotopic (exact) mass is 456 g/mol. The number of carbonyl (C=O) groups is 2. The maximum Gasteiger partial charge on any atom is 0.336 e. The number of aryl methyl sites for hydroxylation is 1. The van der Waals surface area contributed by atoms with E-state index in [4.69, 9.17) is 4.74 Å². The van der Waals surface area contributed by atoms with E-state index in [-0.39, 0.29) is 11.8 Å². The van der Waals surface area contributed by atoms with Crippen LogP contribution in [0, 0.1) is 0 Å². The minimum Gasteiger partial charge on any atom is -0.462 e. The Morgan fingerprint density at radius 3 is 2.68 bits per heavy atom. The Labute approximate surface area is 200 Å². The second-order valence-electron chi connectivity index (χ2n) is 9.29. The molecule has 5 nitrogen and oxygen atoms in total. The number of dihydropyridines is 1. The number of rotatable bonds is 6. The highest BCUT2D eigenvalue weighted by Gasteiger charge is 2.39. The predicted molar refractivity (Wildman–Crippen MR) is 135 cm³/mol. The Hall–Kier alpha value is -3.34. The highest BCUT2D eigenvalue weighted by atomic mass is 16.5. The van der Waals surface area contributed by atoms with Crippen molar-refractivity contribution in [1.82, 2.24) is 9.88 Å². The van der Waals surface area contributed by atoms with Crippen molar-refractivity contribution in [3.05, 3.63) is 70.6 Å². The van der Waals surface area contributed by atoms with Gasteiger partial charge in [-0.3, -0.25) is 4.79 Å². The van der Waals surface area contributed by atoms with Crippen LogP contribution in [0.4, 0.5) is 0 Å². The number of nitrogens with zero attached hydrogens (tertiary/aromatic N) is 1. The van der Waals surface area contributed by atoms with E-state index in [9.17, 15) is 9.59 Å². The Morgan fingerprint density at radius 2 is 1.88 bits per heavy atom. The lowest BCUT2D eigenvalue weighted by atomic mass is 9.75. The number of Topliss-reactive ketones (excluding diaryl/α,β-unsaturated/α-hetero) is 1. The van der Waals surface area contributed by atoms with Gasteiger partial charge in [0.25, 0.3) is 0 Å². The fourth-order valence-electron chi connectivity index (χ4n) is 5.57. The molecule has 2 aliphatic rings. The molecule has 1 aliphatic carbocycles. The van der Waals surface area contributed by atoms with Crippen molar-refractivity contribution < 1.29 is 14.3 Å². The van der Waals surface area contributed by atoms with Crippen molar-refractivity contribution in [3.63, 3.8) is 0 Å². The summed E-state index contributed by atoms with van der Waals surface area (Å²) in [6.07, 6.45) is 3.96. The van der Waals surface area contributed by atoms with Crippen molar-refractivity contribution in [2.24, 2.45) is 0 Å². The molecular weight excluding hydrogens is 424 g/mol. The van der Waals surface area contributed by atoms with Crippen LogP contribution >= 0.6 is 0 Å². The average Bonchev–Trinajstić information content (AvgIpc) is 3.16. The van der Waals surface area contributed by atoms with E-state index in [1.165, 1.54) is 16.4 Å². The fraction of sp³-hybridized carbons (Fsp3) is 0.379. The molecule has 0 amide bonds. The normalized spacial score (nSPS) is 18.4. The summed E-state index contributed by atoms with van der Waals surface area (Å²) in [6.45, 7) is 7.41. The number of hydrogen-bond donors (Lipinski definition) is 1. The van der Waals surface area contributed by atoms with Crippen molar-refractivity contribution in [3.8, 4) is 0 Å². The molecule has 2 aromatic carbocycles. The number of ketones is 1. The number of benzene rings is 2. The SMILES string of the molecule is CCCCOC(=O)C1=C(C)NC2=C(C(=O)CCC2)[C@H]1c1ccc2c(c1)c1ccccc1n2CC. The highest BCUT2D eigenvalue weighted by molar-refractivity contribution is 6.09. The van der Waals surface area contributed by atoms with Crippen LogP contribution < -0.4 is 5.32 Å². The van der Waals surface area contributed by atoms with Gasteiger partial charge >= 0.3 is 5.97 Å². The first-order valence-electron chi connectivity index (χ1n) is 12.5. The molecule has 0 spiro atoms. The number of ether oxygens (including phenoxy) is 1. The van der Waals surface area contributed by atoms with Crippen LogP contribution in [-0.2, 0) is 20.9 Å². The standard InChI is InChI=1S/C29H32N2O3/c1-4-6-16-34-29(33)26-18(3)30-22-11-9-13-25(32)28(22)27(26)19-14-15-24-21(17-19)20-10-7-8-12-23(20)31(24)5-2/h7-8,10,12,14-15,17,27,30H,4-6,9,11,13,16H2,1-3H3/t27-/m0/s1. The Kier molecular flexibility index (Phi) is 6.03. The molecular formula is C29H32N2O3. The van der Waals surface area contributed by atoms with Crippen LogP contribution in [0.5, 0.6) is 0 Å². The molecule has 2 heterocycles. The third kappa shape index (κ3) is 3.64. The van der Waals surface area contributed by atoms with Gasteiger partial charge in [0.15, 0.2) is 5.78 Å². The molecule has 0 saturated heterocycles. The van der Waals surface area contributed by atoms with Gasteiger partial charge in [-0.2, -0.15) is 0 Å². The Bertz CT molecular complexity index is 1360. The lowest BCUT2D eigenvalue weighted by Crippen LogP contribution is -2.34. The quantitative estimate of drug-likeness (QED) is 0.358. The molecule has 0 radical (unpaired) electrons. The van der Waals surface area contributed by atoms with E-state index in [0.717, 1.165) is 60.1 Å². The third-order valence-corrected chi connectivity index (χ3v) is 7.17. The third-order valence-electron chi connectivity index (χ3n) is 7.17. The molecule has 5 heteroatoms. The molecule has 0 unspecified atom stereocenters. The fourth-order valence-corrected chi connectivity index (χ4v) is 5.57. The zero-order valence-electron chi connectivity index (χ0n) is 20.2. The first-order valence-corrected chi connectivity index (χ1v) is 12.5. The topological polar surface area (TPSA) is 60.3 Å². The van der Waals surface area contributed by atoms with E-state index < -0.39 is 5.92 Å². The summed E-state index contributed by atoms with van der Waals surface area (Å²) in [5, 5.41) is 5.72. The summed E-state index contributed by atoms with van der Waals surface area (Å²) in [5.41, 5.74) is 6.37. The van der Waals surface area contributed by atoms with Crippen molar-refractivity contribution in [2.75, 3.05) is 6.61 Å². The average molecular weight is 457 g/mol. The molecule has 0 saturated carbocycles. The van der Waals surface area contributed by atoms with Gasteiger partial charge in [-0.05, 0) is 56.9 Å². The molecule has 34 heavy (non-hydrogen) atoms. The van der Waals surface area contributed by atoms with Crippen LogP contribution in [0.25, 0.3) is 21.8 Å². The lowest BCUT2D eigenvalue weighted by molar-refractivity contribution is -0.139. The van der Waals surface area contributed by atoms with E-state index in [0.29, 0.717) is 18.6 Å². The van der Waals surface area contributed by atoms with E-state index in [1.54, 1.807) is 0 Å². The number of allylic oxidation sites excluding steroid dienone is 3. The Morgan fingerprint density at radius 1 is 1.09 bits per heavy atom. The minimum atomic E-state index is -0.411. The van der Waals surface area contributed by atoms with Crippen LogP contribution in [0.3, 0.4) is 0 Å². The number of para-hydroxylation sites is 1. The number of fused-ring (bicyclic) bond motifs is 3. The maximum absolute atomic E-state index is 13.3. The molecule has 1 aliphatic heterocycles. The van der Waals surface area contributed by atoms with E-state index in [2.05, 4.69) is 66.2 Å². The zero-order valence-corrected chi connectivity index (χ0v) is 20.2. The molecule has 3 aromatic rings. The van der Waals surface area contributed by atoms with Crippen molar-refractivity contribution >= 4 is 33.6 Å². The van der Waals surface area contributed by atoms with Gasteiger partial charge in [0.2, 0.25) is 0 Å². The van der Waals surface area contributed by atoms with Gasteiger partial charge in [0, 0.05) is 57.7 Å². The van der Waals surface area contributed by atoms with Gasteiger partial charge < -0.3 is 14.6 Å². The first kappa shape index (κ1) is 22.5. The number of hydrogen-bond acceptors (Lipinski definition) is 4. The summed E-state index contributed by atoms with van der Waals surface area (Å²) in [6, 6.07) is 14.8. The summed E-state index contributed by atoms with van der Waals surface area (Å²) >= 11 is 0. The van der Waals surface area contributed by atoms with Gasteiger partial charge in [0.05, 0.1) is 12.2 Å². The molecule has 0 bridgehead atoms. The van der Waals surface area contributed by atoms with Gasteiger partial charge in [0.1, 0.15) is 0 Å². The molecule has 1 atom stereocenters. The summed E-state index contributed by atoms with van der Waals surface area (Å²) in [4.78, 5) is 26.5. The zero-order chi connectivity index (χ0) is 23.8. The van der Waals surface area contributed by atoms with Crippen molar-refractivity contribution in [1.29, 1.82) is 0 Å². The number of aromatic nitrogens is 1. The summed E-state index contributed by atoms with van der Waals surface area (Å²) in [7, 11) is 0. The highest BCUT2D eigenvalue weighted by Crippen LogP contribution is 2.44. The van der Waals surface area contributed by atoms with Crippen molar-refractivity contribution in [2.45, 2.75) is 65.3 Å². The largest absolute Gasteiger partial charge is 0.462 e. The number of esters is 1. The minimum absolute atomic E-state index is 0.126. The van der Waals surface area contributed by atoms with E-state index in [1.807, 2.05) is 6.92 Å². The first-order chi connectivity index (χ1) is 16.5. The summed E-state index contributed by atoms with van der Waals surface area (Å²) in [5.74, 6) is -0.614. The molecule has 176 valence electrons. The second-order valence-corrected chi connectivity index (χ2v) is 9.29. The van der Waals surface area contributed by atoms with Gasteiger partial charge in [-0.15, -0.1) is 0 Å². The lowest BCUT2D eigenvalue weighted by Gasteiger charge is -2.34. The smallest absolute Gasteiger partial charge is 0.336 e. The Balaban J connectivity index is 1.69. The molecule has 1 aromatic heterocycles. The second kappa shape index (κ2) is 9.13. The number of carbonyl (C=O) groups excluding carboxylic acids is 2. The van der Waals surface area contributed by atoms with Gasteiger partial charge in [-0.1, -0.05) is 37.6 Å². The van der Waals surface area contributed by atoms with Crippen LogP contribution in [0.1, 0.15) is 64.4 Å². The number of nitrogens with one attached hydrogen (secondary N) is 1. The maximum atomic E-state index is 13.3. The molecule has 0 fully saturated rings. The number of unbranched alkanes of at least 4 members (excludes halogenated alkanes) is 1. The molecule has 5 rings (SSSR count). The predicted octanol–water partition coefficient (Wildman–Crippen LogP) is 6.13. The van der Waals surface area contributed by atoms with Crippen LogP contribution in [0.2, 0.25) is 0 Å². The van der Waals surface area contributed by atoms with E-state index >= 15 is 0 Å². The van der Waals surface area contributed by atoms with Crippen LogP contribution in [-0.4, -0.2) is 22.9 Å². The molecule has 1 N–H and O–H groups in total. The van der Waals surface area contributed by atoms with Gasteiger partial charge in [-0.25, -0.2) is 4.79 Å².